The molecule has 90 valence electrons. The fourth-order valence-electron chi connectivity index (χ4n) is 1.52. The van der Waals surface area contributed by atoms with Crippen LogP contribution >= 0.6 is 34.5 Å². The molecule has 0 saturated carbocycles. The summed E-state index contributed by atoms with van der Waals surface area (Å²) in [7, 11) is 0. The maximum absolute atomic E-state index is 6.09. The number of alkyl halides is 1. The first-order valence-corrected chi connectivity index (χ1v) is 7.09. The average Bonchev–Trinajstić information content (AvgIpc) is 2.78. The highest BCUT2D eigenvalue weighted by molar-refractivity contribution is 7.14. The molecular formula is C12H12Cl2N2S. The van der Waals surface area contributed by atoms with E-state index in [-0.39, 0.29) is 0 Å². The summed E-state index contributed by atoms with van der Waals surface area (Å²) in [6, 6.07) is 5.84. The fraction of sp³-hybridized carbons (Fsp3) is 0.333. The molecule has 0 aliphatic carbocycles. The van der Waals surface area contributed by atoms with Gasteiger partial charge in [-0.3, -0.25) is 0 Å². The molecule has 2 nitrogen and oxygen atoms in total. The van der Waals surface area contributed by atoms with E-state index >= 15 is 0 Å². The van der Waals surface area contributed by atoms with Crippen LogP contribution in [0.5, 0.6) is 0 Å². The number of hydrogen-bond acceptors (Lipinski definition) is 3. The smallest absolute Gasteiger partial charge is 0.143 e. The molecule has 2 aromatic rings. The molecule has 0 atom stereocenters. The molecule has 1 aromatic heterocycles. The second-order valence-electron chi connectivity index (χ2n) is 3.71. The van der Waals surface area contributed by atoms with E-state index in [1.54, 1.807) is 11.3 Å². The molecule has 2 rings (SSSR count). The number of aromatic nitrogens is 2. The van der Waals surface area contributed by atoms with E-state index in [0.29, 0.717) is 5.88 Å². The monoisotopic (exact) mass is 286 g/mol. The van der Waals surface area contributed by atoms with Crippen LogP contribution < -0.4 is 0 Å². The van der Waals surface area contributed by atoms with Crippen molar-refractivity contribution in [3.05, 3.63) is 33.8 Å². The summed E-state index contributed by atoms with van der Waals surface area (Å²) < 4.78 is 0. The molecule has 17 heavy (non-hydrogen) atoms. The van der Waals surface area contributed by atoms with E-state index in [2.05, 4.69) is 10.2 Å². The third-order valence-electron chi connectivity index (χ3n) is 2.49. The van der Waals surface area contributed by atoms with Gasteiger partial charge in [-0.25, -0.2) is 0 Å². The van der Waals surface area contributed by atoms with Gasteiger partial charge >= 0.3 is 0 Å². The maximum atomic E-state index is 6.09. The normalized spacial score (nSPS) is 10.8. The lowest BCUT2D eigenvalue weighted by atomic mass is 10.1. The zero-order valence-electron chi connectivity index (χ0n) is 9.41. The highest BCUT2D eigenvalue weighted by Crippen LogP contribution is 2.30. The van der Waals surface area contributed by atoms with Crippen molar-refractivity contribution in [3.8, 4) is 10.6 Å². The van der Waals surface area contributed by atoms with E-state index in [0.717, 1.165) is 39.0 Å². The molecule has 0 bridgehead atoms. The molecule has 0 spiro atoms. The zero-order valence-corrected chi connectivity index (χ0v) is 11.7. The van der Waals surface area contributed by atoms with Crippen molar-refractivity contribution in [2.75, 3.05) is 5.88 Å². The minimum Gasteiger partial charge on any atom is -0.143 e. The second-order valence-corrected chi connectivity index (χ2v) is 5.55. The quantitative estimate of drug-likeness (QED) is 0.782. The van der Waals surface area contributed by atoms with Gasteiger partial charge < -0.3 is 0 Å². The molecule has 0 radical (unpaired) electrons. The van der Waals surface area contributed by atoms with Crippen LogP contribution in [0.3, 0.4) is 0 Å². The van der Waals surface area contributed by atoms with Crippen LogP contribution in [0, 0.1) is 6.92 Å². The van der Waals surface area contributed by atoms with Gasteiger partial charge in [0, 0.05) is 22.9 Å². The molecule has 0 unspecified atom stereocenters. The molecule has 0 N–H and O–H groups in total. The van der Waals surface area contributed by atoms with Crippen LogP contribution in [0.1, 0.15) is 17.0 Å². The van der Waals surface area contributed by atoms with E-state index in [4.69, 9.17) is 23.2 Å². The summed E-state index contributed by atoms with van der Waals surface area (Å²) in [5.74, 6) is 0.658. The standard InChI is InChI=1S/C12H12Cl2N2S/c1-8-9(4-2-5-10(8)14)12-16-15-11(17-12)6-3-7-13/h2,4-5H,3,6-7H2,1H3. The molecule has 0 fully saturated rings. The number of rotatable bonds is 4. The van der Waals surface area contributed by atoms with E-state index < -0.39 is 0 Å². The van der Waals surface area contributed by atoms with Crippen LogP contribution in [0.25, 0.3) is 10.6 Å². The third kappa shape index (κ3) is 2.97. The zero-order chi connectivity index (χ0) is 12.3. The van der Waals surface area contributed by atoms with Crippen molar-refractivity contribution in [1.82, 2.24) is 10.2 Å². The van der Waals surface area contributed by atoms with Gasteiger partial charge in [0.05, 0.1) is 0 Å². The molecule has 0 amide bonds. The van der Waals surface area contributed by atoms with Gasteiger partial charge in [-0.15, -0.1) is 21.8 Å². The predicted molar refractivity (Wildman–Crippen MR) is 74.1 cm³/mol. The van der Waals surface area contributed by atoms with E-state index in [1.807, 2.05) is 25.1 Å². The number of benzene rings is 1. The van der Waals surface area contributed by atoms with Gasteiger partial charge in [0.2, 0.25) is 0 Å². The van der Waals surface area contributed by atoms with Gasteiger partial charge in [0.1, 0.15) is 10.0 Å². The third-order valence-corrected chi connectivity index (χ3v) is 4.18. The van der Waals surface area contributed by atoms with Gasteiger partial charge in [0.15, 0.2) is 0 Å². The largest absolute Gasteiger partial charge is 0.148 e. The summed E-state index contributed by atoms with van der Waals surface area (Å²) >= 11 is 13.4. The van der Waals surface area contributed by atoms with E-state index in [1.165, 1.54) is 0 Å². The molecule has 0 aliphatic rings. The lowest BCUT2D eigenvalue weighted by Gasteiger charge is -2.02. The summed E-state index contributed by atoms with van der Waals surface area (Å²) in [5.41, 5.74) is 2.11. The predicted octanol–water partition coefficient (Wildman–Crippen LogP) is 4.34. The Labute approximate surface area is 115 Å². The van der Waals surface area contributed by atoms with Crippen LogP contribution in [-0.4, -0.2) is 16.1 Å². The minimum absolute atomic E-state index is 0.658. The number of hydrogen-bond donors (Lipinski definition) is 0. The van der Waals surface area contributed by atoms with Crippen molar-refractivity contribution in [1.29, 1.82) is 0 Å². The van der Waals surface area contributed by atoms with Crippen molar-refractivity contribution < 1.29 is 0 Å². The Hall–Kier alpha value is -0.640. The van der Waals surface area contributed by atoms with Gasteiger partial charge in [-0.05, 0) is 25.0 Å². The first kappa shape index (κ1) is 12.8. The van der Waals surface area contributed by atoms with Crippen molar-refractivity contribution in [2.45, 2.75) is 19.8 Å². The summed E-state index contributed by atoms with van der Waals surface area (Å²) in [5, 5.41) is 11.1. The second kappa shape index (κ2) is 5.80. The summed E-state index contributed by atoms with van der Waals surface area (Å²) in [6.45, 7) is 2.00. The Morgan fingerprint density at radius 2 is 2.12 bits per heavy atom. The Balaban J connectivity index is 2.27. The topological polar surface area (TPSA) is 25.8 Å². The summed E-state index contributed by atoms with van der Waals surface area (Å²) in [4.78, 5) is 0. The Kier molecular flexibility index (Phi) is 4.37. The summed E-state index contributed by atoms with van der Waals surface area (Å²) in [6.07, 6.45) is 1.82. The average molecular weight is 287 g/mol. The molecular weight excluding hydrogens is 275 g/mol. The number of halogens is 2. The number of aryl methyl sites for hydroxylation is 1. The van der Waals surface area contributed by atoms with Crippen molar-refractivity contribution in [3.63, 3.8) is 0 Å². The molecule has 5 heteroatoms. The Bertz CT molecular complexity index is 511. The van der Waals surface area contributed by atoms with Crippen LogP contribution in [0.15, 0.2) is 18.2 Å². The first-order chi connectivity index (χ1) is 8.22. The Morgan fingerprint density at radius 1 is 1.29 bits per heavy atom. The molecule has 1 aromatic carbocycles. The molecule has 0 saturated heterocycles. The van der Waals surface area contributed by atoms with Crippen LogP contribution in [0.2, 0.25) is 5.02 Å². The minimum atomic E-state index is 0.658. The van der Waals surface area contributed by atoms with Crippen molar-refractivity contribution in [2.24, 2.45) is 0 Å². The van der Waals surface area contributed by atoms with Crippen molar-refractivity contribution >= 4 is 34.5 Å². The number of nitrogens with zero attached hydrogens (tertiary/aromatic N) is 2. The van der Waals surface area contributed by atoms with Gasteiger partial charge in [-0.2, -0.15) is 0 Å². The fourth-order valence-corrected chi connectivity index (χ4v) is 2.79. The Morgan fingerprint density at radius 3 is 2.88 bits per heavy atom. The molecule has 1 heterocycles. The van der Waals surface area contributed by atoms with Gasteiger partial charge in [-0.1, -0.05) is 35.1 Å². The maximum Gasteiger partial charge on any atom is 0.148 e. The lowest BCUT2D eigenvalue weighted by molar-refractivity contribution is 0.884. The highest BCUT2D eigenvalue weighted by Gasteiger charge is 2.10. The van der Waals surface area contributed by atoms with Gasteiger partial charge in [0.25, 0.3) is 0 Å². The SMILES string of the molecule is Cc1c(Cl)cccc1-c1nnc(CCCCl)s1. The van der Waals surface area contributed by atoms with Crippen LogP contribution in [0.4, 0.5) is 0 Å². The van der Waals surface area contributed by atoms with E-state index in [9.17, 15) is 0 Å². The first-order valence-electron chi connectivity index (χ1n) is 5.36. The van der Waals surface area contributed by atoms with Crippen LogP contribution in [-0.2, 0) is 6.42 Å². The highest BCUT2D eigenvalue weighted by atomic mass is 35.5. The molecule has 0 aliphatic heterocycles. The lowest BCUT2D eigenvalue weighted by Crippen LogP contribution is -1.84.